The predicted octanol–water partition coefficient (Wildman–Crippen LogP) is 3.75. The number of carbonyl (C=O) groups excluding carboxylic acids is 1. The van der Waals surface area contributed by atoms with Crippen molar-refractivity contribution < 1.29 is 38.1 Å². The van der Waals surface area contributed by atoms with Gasteiger partial charge in [-0.1, -0.05) is 52.2 Å². The van der Waals surface area contributed by atoms with E-state index in [1.54, 1.807) is 18.2 Å². The molecule has 0 bridgehead atoms. The summed E-state index contributed by atoms with van der Waals surface area (Å²) < 4.78 is 38.7. The van der Waals surface area contributed by atoms with E-state index in [1.165, 1.54) is 30.3 Å². The number of hydrogen-bond acceptors (Lipinski definition) is 12. The van der Waals surface area contributed by atoms with E-state index < -0.39 is 50.3 Å². The van der Waals surface area contributed by atoms with Crippen LogP contribution < -0.4 is 15.3 Å². The third-order valence-corrected chi connectivity index (χ3v) is 10.4. The number of nitriles is 1. The van der Waals surface area contributed by atoms with Crippen LogP contribution in [0, 0.1) is 17.2 Å². The van der Waals surface area contributed by atoms with Crippen molar-refractivity contribution >= 4 is 25.1 Å². The van der Waals surface area contributed by atoms with Crippen LogP contribution in [0.2, 0.25) is 0 Å². The smallest absolute Gasteiger partial charge is 0.459 e. The fourth-order valence-corrected chi connectivity index (χ4v) is 7.44. The average molecular weight is 671 g/mol. The molecule has 3 heterocycles. The third-order valence-electron chi connectivity index (χ3n) is 8.73. The molecular formula is C32H43N6O8P. The molecule has 1 saturated carbocycles. The molecule has 15 heteroatoms. The summed E-state index contributed by atoms with van der Waals surface area (Å²) in [7, 11) is -4.37. The molecule has 2 aliphatic rings. The minimum absolute atomic E-state index is 0.101. The van der Waals surface area contributed by atoms with Crippen molar-refractivity contribution in [1.29, 1.82) is 5.26 Å². The standard InChI is InChI=1S/C32H43N6O8P/c1-20(30(41)43-16-21-8-6-5-7-9-21)37-47(42,46-23-12-10-22(11-13-23)31(2,3)4)44-17-25-27(39)28(40)32(18-33,45-25)26-15-14-24-29(34)35-19-36-38(24)26/h10-15,19-21,25,27-28,39-40H,5-9,16-17H2,1-4H3,(H,37,42)(H2,34,35,36)/t20-,25+,27+,28+,32-,47?/m0/s1. The zero-order valence-electron chi connectivity index (χ0n) is 27.0. The Kier molecular flexibility index (Phi) is 10.3. The van der Waals surface area contributed by atoms with Gasteiger partial charge in [0, 0.05) is 0 Å². The lowest BCUT2D eigenvalue weighted by Gasteiger charge is -2.26. The molecular weight excluding hydrogens is 627 g/mol. The van der Waals surface area contributed by atoms with E-state index in [4.69, 9.17) is 24.3 Å². The van der Waals surface area contributed by atoms with Gasteiger partial charge in [-0.2, -0.15) is 15.4 Å². The first kappa shape index (κ1) is 34.8. The Morgan fingerprint density at radius 3 is 2.55 bits per heavy atom. The van der Waals surface area contributed by atoms with E-state index in [1.807, 2.05) is 18.2 Å². The van der Waals surface area contributed by atoms with Gasteiger partial charge in [0.2, 0.25) is 5.60 Å². The Balaban J connectivity index is 1.34. The summed E-state index contributed by atoms with van der Waals surface area (Å²) in [5.41, 5.74) is 5.20. The number of hydrogen-bond donors (Lipinski definition) is 4. The minimum Gasteiger partial charge on any atom is -0.464 e. The van der Waals surface area contributed by atoms with E-state index in [0.29, 0.717) is 5.52 Å². The SMILES string of the molecule is C[C@H](NP(=O)(OC[C@H]1O[C@@](C#N)(c2ccc3c(N)ncnn23)[C@H](O)[C@@H]1O)Oc1ccc(C(C)(C)C)cc1)C(=O)OCC1CCCCC1. The maximum atomic E-state index is 14.2. The average Bonchev–Trinajstić information content (AvgIpc) is 3.59. The normalized spacial score (nSPS) is 25.6. The Morgan fingerprint density at radius 2 is 1.89 bits per heavy atom. The summed E-state index contributed by atoms with van der Waals surface area (Å²) in [4.78, 5) is 16.9. The number of aliphatic hydroxyl groups excluding tert-OH is 2. The summed E-state index contributed by atoms with van der Waals surface area (Å²) in [6.07, 6.45) is 1.80. The first-order valence-electron chi connectivity index (χ1n) is 15.8. The van der Waals surface area contributed by atoms with Crippen molar-refractivity contribution in [2.24, 2.45) is 5.92 Å². The van der Waals surface area contributed by atoms with E-state index in [-0.39, 0.29) is 35.2 Å². The van der Waals surface area contributed by atoms with Crippen LogP contribution in [-0.4, -0.2) is 68.3 Å². The van der Waals surface area contributed by atoms with E-state index in [9.17, 15) is 24.8 Å². The molecule has 47 heavy (non-hydrogen) atoms. The highest BCUT2D eigenvalue weighted by Gasteiger charge is 2.58. The number of rotatable bonds is 11. The number of ether oxygens (including phenoxy) is 2. The molecule has 0 amide bonds. The van der Waals surface area contributed by atoms with Gasteiger partial charge in [-0.3, -0.25) is 9.32 Å². The van der Waals surface area contributed by atoms with Crippen LogP contribution in [-0.2, 0) is 34.4 Å². The number of anilines is 1. The molecule has 2 fully saturated rings. The third kappa shape index (κ3) is 7.46. The van der Waals surface area contributed by atoms with Gasteiger partial charge in [-0.05, 0) is 60.9 Å². The second kappa shape index (κ2) is 13.9. The maximum Gasteiger partial charge on any atom is 0.459 e. The summed E-state index contributed by atoms with van der Waals surface area (Å²) >= 11 is 0. The van der Waals surface area contributed by atoms with Crippen LogP contribution in [0.4, 0.5) is 5.82 Å². The lowest BCUT2D eigenvalue weighted by molar-refractivity contribution is -0.147. The number of nitrogens with one attached hydrogen (secondary N) is 1. The zero-order chi connectivity index (χ0) is 34.0. The van der Waals surface area contributed by atoms with E-state index in [0.717, 1.165) is 31.2 Å². The van der Waals surface area contributed by atoms with Crippen molar-refractivity contribution in [3.63, 3.8) is 0 Å². The molecule has 0 spiro atoms. The largest absolute Gasteiger partial charge is 0.464 e. The Labute approximate surface area is 273 Å². The molecule has 0 radical (unpaired) electrons. The van der Waals surface area contributed by atoms with Gasteiger partial charge in [0.25, 0.3) is 0 Å². The molecule has 1 aliphatic heterocycles. The van der Waals surface area contributed by atoms with Crippen LogP contribution in [0.15, 0.2) is 42.7 Å². The monoisotopic (exact) mass is 670 g/mol. The number of nitrogens with zero attached hydrogens (tertiary/aromatic N) is 4. The van der Waals surface area contributed by atoms with Crippen LogP contribution in [0.3, 0.4) is 0 Å². The minimum atomic E-state index is -4.37. The first-order valence-corrected chi connectivity index (χ1v) is 17.3. The molecule has 254 valence electrons. The number of aliphatic hydroxyl groups is 2. The van der Waals surface area contributed by atoms with Gasteiger partial charge in [0.05, 0.1) is 18.9 Å². The van der Waals surface area contributed by atoms with Crippen molar-refractivity contribution in [1.82, 2.24) is 19.7 Å². The Morgan fingerprint density at radius 1 is 1.19 bits per heavy atom. The molecule has 1 saturated heterocycles. The number of nitrogens with two attached hydrogens (primary N) is 1. The van der Waals surface area contributed by atoms with Gasteiger partial charge in [-0.25, -0.2) is 14.1 Å². The number of aromatic nitrogens is 3. The molecule has 5 rings (SSSR count). The van der Waals surface area contributed by atoms with Crippen molar-refractivity contribution in [3.05, 3.63) is 54.0 Å². The lowest BCUT2D eigenvalue weighted by Crippen LogP contribution is -2.41. The number of nitrogen functional groups attached to an aromatic ring is 1. The lowest BCUT2D eigenvalue weighted by atomic mass is 9.87. The number of esters is 1. The maximum absolute atomic E-state index is 14.2. The fourth-order valence-electron chi connectivity index (χ4n) is 5.94. The fraction of sp³-hybridized carbons (Fsp3) is 0.562. The molecule has 1 unspecified atom stereocenters. The Hall–Kier alpha value is -3.57. The van der Waals surface area contributed by atoms with Gasteiger partial charge >= 0.3 is 13.7 Å². The topological polar surface area (TPSA) is 204 Å². The highest BCUT2D eigenvalue weighted by atomic mass is 31.2. The predicted molar refractivity (Wildman–Crippen MR) is 171 cm³/mol. The van der Waals surface area contributed by atoms with Gasteiger partial charge < -0.3 is 29.9 Å². The first-order chi connectivity index (χ1) is 22.3. The highest BCUT2D eigenvalue weighted by molar-refractivity contribution is 7.52. The summed E-state index contributed by atoms with van der Waals surface area (Å²) in [6.45, 7) is 7.34. The quantitative estimate of drug-likeness (QED) is 0.170. The van der Waals surface area contributed by atoms with E-state index in [2.05, 4.69) is 35.9 Å². The summed E-state index contributed by atoms with van der Waals surface area (Å²) in [5, 5.41) is 39.1. The van der Waals surface area contributed by atoms with Crippen LogP contribution >= 0.6 is 7.75 Å². The number of benzene rings is 1. The van der Waals surface area contributed by atoms with Crippen LogP contribution in [0.1, 0.15) is 71.1 Å². The molecule has 1 aromatic carbocycles. The van der Waals surface area contributed by atoms with Gasteiger partial charge in [0.15, 0.2) is 5.82 Å². The van der Waals surface area contributed by atoms with Crippen LogP contribution in [0.25, 0.3) is 5.52 Å². The Bertz CT molecular complexity index is 1650. The number of fused-ring (bicyclic) bond motifs is 1. The molecule has 3 aromatic rings. The molecule has 2 aromatic heterocycles. The van der Waals surface area contributed by atoms with Crippen molar-refractivity contribution in [3.8, 4) is 11.8 Å². The zero-order valence-corrected chi connectivity index (χ0v) is 27.9. The molecule has 6 atom stereocenters. The van der Waals surface area contributed by atoms with Crippen molar-refractivity contribution in [2.45, 2.75) is 95.2 Å². The second-order valence-corrected chi connectivity index (χ2v) is 14.9. The summed E-state index contributed by atoms with van der Waals surface area (Å²) in [5.74, 6) is 0.00340. The number of carbonyl (C=O) groups is 1. The van der Waals surface area contributed by atoms with Crippen molar-refractivity contribution in [2.75, 3.05) is 18.9 Å². The summed E-state index contributed by atoms with van der Waals surface area (Å²) in [6, 6.07) is 10.9. The highest BCUT2D eigenvalue weighted by Crippen LogP contribution is 2.47. The van der Waals surface area contributed by atoms with Crippen LogP contribution in [0.5, 0.6) is 5.75 Å². The van der Waals surface area contributed by atoms with Gasteiger partial charge in [-0.15, -0.1) is 0 Å². The molecule has 14 nitrogen and oxygen atoms in total. The molecule has 5 N–H and O–H groups in total. The van der Waals surface area contributed by atoms with Gasteiger partial charge in [0.1, 0.15) is 48.0 Å². The second-order valence-electron chi connectivity index (χ2n) is 13.2. The molecule has 1 aliphatic carbocycles. The van der Waals surface area contributed by atoms with E-state index >= 15 is 0 Å².